The monoisotopic (exact) mass is 215 g/mol. The average molecular weight is 215 g/mol. The summed E-state index contributed by atoms with van der Waals surface area (Å²) in [5.41, 5.74) is 0. The maximum absolute atomic E-state index is 13.8. The highest BCUT2D eigenvalue weighted by atomic mass is 19.1. The molecule has 3 nitrogen and oxygen atoms in total. The van der Waals surface area contributed by atoms with Gasteiger partial charge in [-0.1, -0.05) is 0 Å². The Morgan fingerprint density at radius 2 is 2.00 bits per heavy atom. The van der Waals surface area contributed by atoms with Crippen LogP contribution in [0.2, 0.25) is 0 Å². The van der Waals surface area contributed by atoms with Crippen LogP contribution in [0.5, 0.6) is 0 Å². The van der Waals surface area contributed by atoms with Gasteiger partial charge < -0.3 is 5.32 Å². The summed E-state index contributed by atoms with van der Waals surface area (Å²) in [4.78, 5) is 4.58. The molecule has 0 bridgehead atoms. The molecule has 0 saturated carbocycles. The second-order valence-electron chi connectivity index (χ2n) is 4.88. The average Bonchev–Trinajstić information content (AvgIpc) is 2.47. The normalized spacial score (nSPS) is 39.8. The van der Waals surface area contributed by atoms with E-state index < -0.39 is 6.17 Å². The topological polar surface area (TPSA) is 18.5 Å². The number of halogens is 1. The third-order valence-corrected chi connectivity index (χ3v) is 3.86. The van der Waals surface area contributed by atoms with Gasteiger partial charge in [-0.15, -0.1) is 0 Å². The lowest BCUT2D eigenvalue weighted by Gasteiger charge is -2.33. The summed E-state index contributed by atoms with van der Waals surface area (Å²) in [5.74, 6) is 0. The fourth-order valence-corrected chi connectivity index (χ4v) is 2.63. The minimum absolute atomic E-state index is 0.109. The maximum Gasteiger partial charge on any atom is 0.118 e. The number of hydrogen-bond donors (Lipinski definition) is 1. The van der Waals surface area contributed by atoms with Crippen LogP contribution in [0.4, 0.5) is 4.39 Å². The van der Waals surface area contributed by atoms with Gasteiger partial charge in [-0.25, -0.2) is 4.39 Å². The van der Waals surface area contributed by atoms with Crippen molar-refractivity contribution in [2.75, 3.05) is 39.8 Å². The standard InChI is InChI=1S/C11H22FN3/c1-9-7-10(12)11(14(9)2)8-15-5-3-13-4-6-15/h9-11,13H,3-8H2,1-2H3/t9?,10-,11-/m1/s1. The van der Waals surface area contributed by atoms with Crippen molar-refractivity contribution in [3.63, 3.8) is 0 Å². The maximum atomic E-state index is 13.8. The molecule has 15 heavy (non-hydrogen) atoms. The van der Waals surface area contributed by atoms with Gasteiger partial charge in [-0.3, -0.25) is 9.80 Å². The zero-order chi connectivity index (χ0) is 10.8. The van der Waals surface area contributed by atoms with E-state index in [1.54, 1.807) is 0 Å². The van der Waals surface area contributed by atoms with E-state index in [2.05, 4.69) is 29.1 Å². The lowest BCUT2D eigenvalue weighted by Crippen LogP contribution is -2.50. The Kier molecular flexibility index (Phi) is 3.59. The predicted octanol–water partition coefficient (Wildman–Crippen LogP) is 0.322. The molecule has 0 aliphatic carbocycles. The Hall–Kier alpha value is -0.190. The molecule has 2 heterocycles. The molecule has 0 spiro atoms. The van der Waals surface area contributed by atoms with Crippen LogP contribution in [0.25, 0.3) is 0 Å². The van der Waals surface area contributed by atoms with Crippen molar-refractivity contribution in [3.05, 3.63) is 0 Å². The first-order valence-corrected chi connectivity index (χ1v) is 5.97. The zero-order valence-corrected chi connectivity index (χ0v) is 9.75. The molecule has 1 N–H and O–H groups in total. The van der Waals surface area contributed by atoms with E-state index in [0.717, 1.165) is 32.7 Å². The summed E-state index contributed by atoms with van der Waals surface area (Å²) in [6.45, 7) is 7.22. The Morgan fingerprint density at radius 1 is 1.33 bits per heavy atom. The largest absolute Gasteiger partial charge is 0.314 e. The van der Waals surface area contributed by atoms with Crippen molar-refractivity contribution in [2.24, 2.45) is 0 Å². The fourth-order valence-electron chi connectivity index (χ4n) is 2.63. The first-order valence-electron chi connectivity index (χ1n) is 5.97. The number of nitrogens with one attached hydrogen (secondary N) is 1. The summed E-state index contributed by atoms with van der Waals surface area (Å²) >= 11 is 0. The van der Waals surface area contributed by atoms with Gasteiger partial charge in [0, 0.05) is 38.8 Å². The highest BCUT2D eigenvalue weighted by Crippen LogP contribution is 2.25. The molecule has 2 aliphatic rings. The van der Waals surface area contributed by atoms with Crippen molar-refractivity contribution in [1.82, 2.24) is 15.1 Å². The molecule has 3 atom stereocenters. The van der Waals surface area contributed by atoms with Crippen LogP contribution in [-0.4, -0.2) is 67.8 Å². The molecule has 2 rings (SSSR count). The van der Waals surface area contributed by atoms with Crippen molar-refractivity contribution in [1.29, 1.82) is 0 Å². The molecule has 0 aromatic carbocycles. The molecular weight excluding hydrogens is 193 g/mol. The summed E-state index contributed by atoms with van der Waals surface area (Å²) in [7, 11) is 2.05. The lowest BCUT2D eigenvalue weighted by atomic mass is 10.1. The lowest BCUT2D eigenvalue weighted by molar-refractivity contribution is 0.130. The number of hydrogen-bond acceptors (Lipinski definition) is 3. The number of nitrogens with zero attached hydrogens (tertiary/aromatic N) is 2. The molecule has 88 valence electrons. The van der Waals surface area contributed by atoms with Gasteiger partial charge in [0.15, 0.2) is 0 Å². The molecule has 0 aromatic rings. The van der Waals surface area contributed by atoms with Crippen LogP contribution in [0, 0.1) is 0 Å². The van der Waals surface area contributed by atoms with Gasteiger partial charge in [-0.2, -0.15) is 0 Å². The van der Waals surface area contributed by atoms with Crippen LogP contribution >= 0.6 is 0 Å². The molecule has 1 unspecified atom stereocenters. The molecule has 0 amide bonds. The fraction of sp³-hybridized carbons (Fsp3) is 1.00. The number of rotatable bonds is 2. The van der Waals surface area contributed by atoms with Crippen LogP contribution in [0.3, 0.4) is 0 Å². The Labute approximate surface area is 91.6 Å². The second-order valence-corrected chi connectivity index (χ2v) is 4.88. The predicted molar refractivity (Wildman–Crippen MR) is 59.8 cm³/mol. The van der Waals surface area contributed by atoms with E-state index in [4.69, 9.17) is 0 Å². The van der Waals surface area contributed by atoms with E-state index >= 15 is 0 Å². The van der Waals surface area contributed by atoms with E-state index in [-0.39, 0.29) is 6.04 Å². The number of piperazine rings is 1. The molecule has 0 aromatic heterocycles. The highest BCUT2D eigenvalue weighted by molar-refractivity contribution is 4.92. The number of likely N-dealkylation sites (tertiary alicyclic amines) is 1. The van der Waals surface area contributed by atoms with E-state index in [0.29, 0.717) is 12.5 Å². The molecule has 2 aliphatic heterocycles. The van der Waals surface area contributed by atoms with Crippen molar-refractivity contribution in [2.45, 2.75) is 31.6 Å². The minimum atomic E-state index is -0.639. The molecule has 2 fully saturated rings. The molecule has 4 heteroatoms. The summed E-state index contributed by atoms with van der Waals surface area (Å²) in [6, 6.07) is 0.506. The van der Waals surface area contributed by atoms with Crippen molar-refractivity contribution >= 4 is 0 Å². The van der Waals surface area contributed by atoms with Crippen LogP contribution in [0.1, 0.15) is 13.3 Å². The second kappa shape index (κ2) is 4.76. The van der Waals surface area contributed by atoms with E-state index in [9.17, 15) is 4.39 Å². The SMILES string of the molecule is CC1C[C@@H](F)[C@@H](CN2CCNCC2)N1C. The van der Waals surface area contributed by atoms with Gasteiger partial charge in [0.2, 0.25) is 0 Å². The third kappa shape index (κ3) is 2.49. The van der Waals surface area contributed by atoms with Gasteiger partial charge in [0.25, 0.3) is 0 Å². The van der Waals surface area contributed by atoms with Crippen molar-refractivity contribution in [3.8, 4) is 0 Å². The summed E-state index contributed by atoms with van der Waals surface area (Å²) in [5, 5.41) is 3.32. The first kappa shape index (κ1) is 11.3. The van der Waals surface area contributed by atoms with Crippen LogP contribution < -0.4 is 5.32 Å². The summed E-state index contributed by atoms with van der Waals surface area (Å²) in [6.07, 6.45) is 0.0626. The van der Waals surface area contributed by atoms with Gasteiger partial charge in [0.1, 0.15) is 6.17 Å². The Bertz CT molecular complexity index is 206. The quantitative estimate of drug-likeness (QED) is 0.716. The molecule has 2 saturated heterocycles. The van der Waals surface area contributed by atoms with Crippen molar-refractivity contribution < 1.29 is 4.39 Å². The number of likely N-dealkylation sites (N-methyl/N-ethyl adjacent to an activating group) is 1. The Morgan fingerprint density at radius 3 is 2.53 bits per heavy atom. The van der Waals surface area contributed by atoms with E-state index in [1.165, 1.54) is 0 Å². The van der Waals surface area contributed by atoms with Gasteiger partial charge in [0.05, 0.1) is 6.04 Å². The van der Waals surface area contributed by atoms with Crippen LogP contribution in [0.15, 0.2) is 0 Å². The highest BCUT2D eigenvalue weighted by Gasteiger charge is 2.37. The van der Waals surface area contributed by atoms with E-state index in [1.807, 2.05) is 0 Å². The summed E-state index contributed by atoms with van der Waals surface area (Å²) < 4.78 is 13.8. The van der Waals surface area contributed by atoms with Gasteiger partial charge >= 0.3 is 0 Å². The minimum Gasteiger partial charge on any atom is -0.314 e. The molecule has 0 radical (unpaired) electrons. The smallest absolute Gasteiger partial charge is 0.118 e. The number of alkyl halides is 1. The Balaban J connectivity index is 1.87. The molecular formula is C11H22FN3. The zero-order valence-electron chi connectivity index (χ0n) is 9.75. The van der Waals surface area contributed by atoms with Gasteiger partial charge in [-0.05, 0) is 20.4 Å². The van der Waals surface area contributed by atoms with Crippen LogP contribution in [-0.2, 0) is 0 Å². The first-order chi connectivity index (χ1) is 7.18. The third-order valence-electron chi connectivity index (χ3n) is 3.86.